The zero-order valence-electron chi connectivity index (χ0n) is 12.4. The van der Waals surface area contributed by atoms with E-state index < -0.39 is 0 Å². The van der Waals surface area contributed by atoms with Crippen molar-refractivity contribution in [1.82, 2.24) is 14.4 Å². The van der Waals surface area contributed by atoms with Crippen LogP contribution < -0.4 is 15.7 Å². The van der Waals surface area contributed by atoms with Crippen LogP contribution in [0.25, 0.3) is 21.3 Å². The predicted molar refractivity (Wildman–Crippen MR) is 93.5 cm³/mol. The number of hydrogen-bond acceptors (Lipinski definition) is 6. The van der Waals surface area contributed by atoms with E-state index in [1.807, 2.05) is 32.0 Å². The number of fused-ring (bicyclic) bond motifs is 2. The van der Waals surface area contributed by atoms with Gasteiger partial charge >= 0.3 is 0 Å². The smallest absolute Gasteiger partial charge is 0.268 e. The van der Waals surface area contributed by atoms with Gasteiger partial charge in [0, 0.05) is 11.1 Å². The average Bonchev–Trinajstić information content (AvgIpc) is 2.99. The van der Waals surface area contributed by atoms with Gasteiger partial charge in [-0.1, -0.05) is 17.4 Å². The minimum atomic E-state index is -0.335. The van der Waals surface area contributed by atoms with Crippen LogP contribution in [0.1, 0.15) is 16.1 Å². The van der Waals surface area contributed by atoms with Crippen LogP contribution >= 0.6 is 22.7 Å². The molecule has 0 amide bonds. The monoisotopic (exact) mass is 341 g/mol. The Bertz CT molecular complexity index is 1220. The molecule has 0 aromatic carbocycles. The highest BCUT2D eigenvalue weighted by Gasteiger charge is 2.16. The second-order valence-electron chi connectivity index (χ2n) is 5.17. The van der Waals surface area contributed by atoms with Gasteiger partial charge in [0.1, 0.15) is 4.83 Å². The van der Waals surface area contributed by atoms with Gasteiger partial charge in [0.15, 0.2) is 0 Å². The fraction of sp³-hybridized carbons (Fsp3) is 0.125. The number of thiazole rings is 1. The summed E-state index contributed by atoms with van der Waals surface area (Å²) >= 11 is 2.70. The first kappa shape index (κ1) is 14.2. The van der Waals surface area contributed by atoms with E-state index in [-0.39, 0.29) is 11.1 Å². The summed E-state index contributed by atoms with van der Waals surface area (Å²) < 4.78 is 1.63. The maximum atomic E-state index is 12.7. The fourth-order valence-corrected chi connectivity index (χ4v) is 4.49. The van der Waals surface area contributed by atoms with E-state index in [0.717, 1.165) is 10.4 Å². The van der Waals surface area contributed by atoms with Crippen molar-refractivity contribution in [3.05, 3.63) is 65.8 Å². The molecule has 0 spiro atoms. The molecule has 114 valence electrons. The summed E-state index contributed by atoms with van der Waals surface area (Å²) in [5, 5.41) is 0.546. The number of thiophene rings is 1. The quantitative estimate of drug-likeness (QED) is 0.530. The average molecular weight is 341 g/mol. The van der Waals surface area contributed by atoms with Crippen molar-refractivity contribution in [3.63, 3.8) is 0 Å². The van der Waals surface area contributed by atoms with Gasteiger partial charge in [-0.15, -0.1) is 11.3 Å². The first-order valence-electron chi connectivity index (χ1n) is 6.94. The zero-order chi connectivity index (χ0) is 16.1. The molecule has 0 radical (unpaired) electrons. The van der Waals surface area contributed by atoms with Gasteiger partial charge in [0.2, 0.25) is 4.96 Å². The van der Waals surface area contributed by atoms with E-state index in [1.165, 1.54) is 27.1 Å². The third-order valence-electron chi connectivity index (χ3n) is 3.75. The zero-order valence-corrected chi connectivity index (χ0v) is 14.0. The maximum absolute atomic E-state index is 12.7. The molecule has 4 heterocycles. The summed E-state index contributed by atoms with van der Waals surface area (Å²) in [6.45, 7) is 3.85. The summed E-state index contributed by atoms with van der Waals surface area (Å²) in [6.07, 6.45) is 3.35. The molecule has 4 aromatic rings. The molecule has 0 saturated heterocycles. The Labute approximate surface area is 138 Å². The van der Waals surface area contributed by atoms with Crippen LogP contribution in [0.3, 0.4) is 0 Å². The van der Waals surface area contributed by atoms with Crippen LogP contribution in [0, 0.1) is 13.8 Å². The number of nitrogens with zero attached hydrogens (tertiary/aromatic N) is 3. The second-order valence-corrected chi connectivity index (χ2v) is 7.38. The lowest BCUT2D eigenvalue weighted by atomic mass is 10.2. The van der Waals surface area contributed by atoms with Crippen LogP contribution in [0.5, 0.6) is 0 Å². The molecule has 0 N–H and O–H groups in total. The Morgan fingerprint density at radius 3 is 2.70 bits per heavy atom. The van der Waals surface area contributed by atoms with Crippen molar-refractivity contribution < 1.29 is 0 Å². The van der Waals surface area contributed by atoms with Crippen LogP contribution in [-0.2, 0) is 0 Å². The highest BCUT2D eigenvalue weighted by molar-refractivity contribution is 7.19. The number of aryl methyl sites for hydroxylation is 2. The lowest BCUT2D eigenvalue weighted by molar-refractivity contribution is 1.05. The standard InChI is InChI=1S/C16H11N3O2S2/c1-8-9(2)22-13-12(8)15(21)19-14(20)11(23-16(19)18-13)7-10-5-3-4-6-17-10/h3-7H,1-2H3/b11-7+. The van der Waals surface area contributed by atoms with Crippen molar-refractivity contribution in [2.75, 3.05) is 0 Å². The van der Waals surface area contributed by atoms with E-state index in [0.29, 0.717) is 25.4 Å². The molecule has 0 aliphatic carbocycles. The Morgan fingerprint density at radius 1 is 1.13 bits per heavy atom. The molecule has 0 saturated carbocycles. The number of aromatic nitrogens is 3. The Morgan fingerprint density at radius 2 is 1.96 bits per heavy atom. The SMILES string of the molecule is Cc1sc2nc3s/c(=C/c4ccccn4)c(=O)n3c(=O)c2c1C. The normalized spacial score (nSPS) is 12.5. The van der Waals surface area contributed by atoms with E-state index in [4.69, 9.17) is 0 Å². The van der Waals surface area contributed by atoms with E-state index in [1.54, 1.807) is 12.3 Å². The largest absolute Gasteiger partial charge is 0.277 e. The Kier molecular flexibility index (Phi) is 3.14. The van der Waals surface area contributed by atoms with E-state index >= 15 is 0 Å². The third kappa shape index (κ3) is 2.12. The fourth-order valence-electron chi connectivity index (χ4n) is 2.46. The molecule has 0 fully saturated rings. The van der Waals surface area contributed by atoms with Gasteiger partial charge in [-0.3, -0.25) is 14.6 Å². The number of pyridine rings is 1. The van der Waals surface area contributed by atoms with Gasteiger partial charge in [-0.25, -0.2) is 9.38 Å². The summed E-state index contributed by atoms with van der Waals surface area (Å²) in [7, 11) is 0. The van der Waals surface area contributed by atoms with Crippen LogP contribution in [0.15, 0.2) is 34.0 Å². The topological polar surface area (TPSA) is 64.3 Å². The van der Waals surface area contributed by atoms with Gasteiger partial charge in [-0.05, 0) is 37.6 Å². The summed E-state index contributed by atoms with van der Waals surface area (Å²) in [5.74, 6) is 0. The van der Waals surface area contributed by atoms with E-state index in [2.05, 4.69) is 9.97 Å². The Hall–Kier alpha value is -2.38. The van der Waals surface area contributed by atoms with Crippen LogP contribution in [0.4, 0.5) is 0 Å². The molecule has 0 aliphatic heterocycles. The minimum Gasteiger partial charge on any atom is -0.268 e. The summed E-state index contributed by atoms with van der Waals surface area (Å²) in [6, 6.07) is 5.47. The van der Waals surface area contributed by atoms with Crippen LogP contribution in [-0.4, -0.2) is 14.4 Å². The van der Waals surface area contributed by atoms with Crippen LogP contribution in [0.2, 0.25) is 0 Å². The molecule has 0 atom stereocenters. The summed E-state index contributed by atoms with van der Waals surface area (Å²) in [5.41, 5.74) is 0.961. The molecular weight excluding hydrogens is 330 g/mol. The maximum Gasteiger partial charge on any atom is 0.277 e. The van der Waals surface area contributed by atoms with Gasteiger partial charge < -0.3 is 0 Å². The highest BCUT2D eigenvalue weighted by atomic mass is 32.1. The molecule has 4 rings (SSSR count). The molecule has 0 aliphatic rings. The van der Waals surface area contributed by atoms with Crippen molar-refractivity contribution in [2.45, 2.75) is 13.8 Å². The molecule has 7 heteroatoms. The van der Waals surface area contributed by atoms with Crippen molar-refractivity contribution in [3.8, 4) is 0 Å². The molecule has 5 nitrogen and oxygen atoms in total. The second kappa shape index (κ2) is 5.07. The molecule has 0 bridgehead atoms. The van der Waals surface area contributed by atoms with E-state index in [9.17, 15) is 9.59 Å². The van der Waals surface area contributed by atoms with Crippen molar-refractivity contribution in [2.24, 2.45) is 0 Å². The first-order chi connectivity index (χ1) is 11.1. The molecule has 4 aromatic heterocycles. The van der Waals surface area contributed by atoms with Gasteiger partial charge in [-0.2, -0.15) is 0 Å². The lowest BCUT2D eigenvalue weighted by Gasteiger charge is -1.92. The molecular formula is C16H11N3O2S2. The Balaban J connectivity index is 2.12. The minimum absolute atomic E-state index is 0.284. The molecule has 0 unspecified atom stereocenters. The summed E-state index contributed by atoms with van der Waals surface area (Å²) in [4.78, 5) is 36.2. The van der Waals surface area contributed by atoms with Crippen molar-refractivity contribution in [1.29, 1.82) is 0 Å². The highest BCUT2D eigenvalue weighted by Crippen LogP contribution is 2.26. The van der Waals surface area contributed by atoms with Gasteiger partial charge in [0.25, 0.3) is 11.1 Å². The van der Waals surface area contributed by atoms with Gasteiger partial charge in [0.05, 0.1) is 15.6 Å². The molecule has 23 heavy (non-hydrogen) atoms. The number of rotatable bonds is 1. The lowest BCUT2D eigenvalue weighted by Crippen LogP contribution is -2.31. The first-order valence-corrected chi connectivity index (χ1v) is 8.57. The number of hydrogen-bond donors (Lipinski definition) is 0. The predicted octanol–water partition coefficient (Wildman–Crippen LogP) is 1.89. The third-order valence-corrected chi connectivity index (χ3v) is 5.82. The van der Waals surface area contributed by atoms with Crippen molar-refractivity contribution >= 4 is 43.9 Å².